The third-order valence-electron chi connectivity index (χ3n) is 3.41. The quantitative estimate of drug-likeness (QED) is 0.845. The molecule has 0 aromatic heterocycles. The number of carbonyl (C=O) groups is 2. The Bertz CT molecular complexity index is 472. The van der Waals surface area contributed by atoms with Crippen LogP contribution in [-0.4, -0.2) is 40.9 Å². The second kappa shape index (κ2) is 5.93. The monoisotopic (exact) mass is 265 g/mol. The Labute approximate surface area is 110 Å². The van der Waals surface area contributed by atoms with E-state index in [1.54, 1.807) is 4.90 Å². The molecule has 0 aliphatic carbocycles. The summed E-state index contributed by atoms with van der Waals surface area (Å²) in [5.74, 6) is -1.45. The first-order chi connectivity index (χ1) is 9.08. The van der Waals surface area contributed by atoms with Gasteiger partial charge in [0, 0.05) is 5.56 Å². The Hall–Kier alpha value is -1.75. The molecule has 1 heterocycles. The number of hydrogen-bond acceptors (Lipinski definition) is 3. The summed E-state index contributed by atoms with van der Waals surface area (Å²) in [6, 6.07) is 4.74. The van der Waals surface area contributed by atoms with E-state index < -0.39 is 17.8 Å². The number of benzene rings is 1. The molecule has 0 radical (unpaired) electrons. The number of rotatable bonds is 4. The number of piperidine rings is 1. The van der Waals surface area contributed by atoms with Gasteiger partial charge >= 0.3 is 5.97 Å². The molecule has 1 N–H and O–H groups in total. The van der Waals surface area contributed by atoms with Gasteiger partial charge < -0.3 is 5.11 Å². The van der Waals surface area contributed by atoms with Crippen LogP contribution in [0.3, 0.4) is 0 Å². The van der Waals surface area contributed by atoms with Crippen LogP contribution in [0.2, 0.25) is 0 Å². The van der Waals surface area contributed by atoms with Gasteiger partial charge in [0.05, 0.1) is 6.54 Å². The Morgan fingerprint density at radius 3 is 2.58 bits per heavy atom. The third kappa shape index (κ3) is 3.38. The van der Waals surface area contributed by atoms with Crippen LogP contribution >= 0.6 is 0 Å². The molecule has 1 atom stereocenters. The molecule has 1 aromatic rings. The summed E-state index contributed by atoms with van der Waals surface area (Å²) in [5.41, 5.74) is 0.413. The van der Waals surface area contributed by atoms with Crippen LogP contribution in [0.25, 0.3) is 0 Å². The van der Waals surface area contributed by atoms with Crippen molar-refractivity contribution in [3.63, 3.8) is 0 Å². The Morgan fingerprint density at radius 2 is 1.95 bits per heavy atom. The predicted octanol–water partition coefficient (Wildman–Crippen LogP) is 1.95. The van der Waals surface area contributed by atoms with Gasteiger partial charge in [-0.2, -0.15) is 0 Å². The van der Waals surface area contributed by atoms with E-state index in [0.29, 0.717) is 18.5 Å². The first-order valence-electron chi connectivity index (χ1n) is 6.33. The summed E-state index contributed by atoms with van der Waals surface area (Å²) < 4.78 is 12.8. The average Bonchev–Trinajstić information content (AvgIpc) is 2.39. The highest BCUT2D eigenvalue weighted by molar-refractivity contribution is 5.97. The SMILES string of the molecule is O=C(CN1CCCCC1C(=O)O)c1ccc(F)cc1. The van der Waals surface area contributed by atoms with Gasteiger partial charge in [-0.15, -0.1) is 0 Å². The molecule has 1 unspecified atom stereocenters. The van der Waals surface area contributed by atoms with E-state index in [-0.39, 0.29) is 12.3 Å². The maximum atomic E-state index is 12.8. The topological polar surface area (TPSA) is 57.6 Å². The fourth-order valence-electron chi connectivity index (χ4n) is 2.37. The van der Waals surface area contributed by atoms with Crippen molar-refractivity contribution in [2.24, 2.45) is 0 Å². The number of carboxylic acids is 1. The zero-order chi connectivity index (χ0) is 13.8. The van der Waals surface area contributed by atoms with Crippen molar-refractivity contribution in [1.29, 1.82) is 0 Å². The van der Waals surface area contributed by atoms with Gasteiger partial charge in [0.25, 0.3) is 0 Å². The first-order valence-corrected chi connectivity index (χ1v) is 6.33. The summed E-state index contributed by atoms with van der Waals surface area (Å²) in [5, 5.41) is 9.13. The fraction of sp³-hybridized carbons (Fsp3) is 0.429. The standard InChI is InChI=1S/C14H16FNO3/c15-11-6-4-10(5-7-11)13(17)9-16-8-2-1-3-12(16)14(18)19/h4-7,12H,1-3,8-9H2,(H,18,19). The number of carbonyl (C=O) groups excluding carboxylic acids is 1. The van der Waals surface area contributed by atoms with Crippen LogP contribution in [0.4, 0.5) is 4.39 Å². The van der Waals surface area contributed by atoms with Crippen molar-refractivity contribution in [2.75, 3.05) is 13.1 Å². The van der Waals surface area contributed by atoms with E-state index in [9.17, 15) is 14.0 Å². The van der Waals surface area contributed by atoms with Gasteiger partial charge in [0.2, 0.25) is 0 Å². The molecule has 1 aliphatic heterocycles. The molecule has 1 aliphatic rings. The molecule has 0 saturated carbocycles. The minimum absolute atomic E-state index is 0.0720. The van der Waals surface area contributed by atoms with Gasteiger partial charge in [0.15, 0.2) is 5.78 Å². The molecule has 1 aromatic carbocycles. The summed E-state index contributed by atoms with van der Waals surface area (Å²) in [6.45, 7) is 0.687. The molecule has 5 heteroatoms. The lowest BCUT2D eigenvalue weighted by atomic mass is 10.0. The summed E-state index contributed by atoms with van der Waals surface area (Å²) in [7, 11) is 0. The number of Topliss-reactive ketones (excluding diaryl/α,β-unsaturated/α-hetero) is 1. The summed E-state index contributed by atoms with van der Waals surface area (Å²) in [6.07, 6.45) is 2.35. The minimum atomic E-state index is -0.883. The smallest absolute Gasteiger partial charge is 0.320 e. The number of carboxylic acid groups (broad SMARTS) is 1. The first kappa shape index (κ1) is 13.7. The van der Waals surface area contributed by atoms with Crippen LogP contribution in [0.5, 0.6) is 0 Å². The molecular weight excluding hydrogens is 249 g/mol. The normalized spacial score (nSPS) is 20.2. The van der Waals surface area contributed by atoms with Crippen molar-refractivity contribution in [3.05, 3.63) is 35.6 Å². The molecule has 2 rings (SSSR count). The van der Waals surface area contributed by atoms with E-state index in [4.69, 9.17) is 5.11 Å². The lowest BCUT2D eigenvalue weighted by molar-refractivity contribution is -0.144. The number of likely N-dealkylation sites (tertiary alicyclic amines) is 1. The number of halogens is 1. The lowest BCUT2D eigenvalue weighted by Crippen LogP contribution is -2.46. The highest BCUT2D eigenvalue weighted by atomic mass is 19.1. The van der Waals surface area contributed by atoms with Crippen LogP contribution in [0.1, 0.15) is 29.6 Å². The van der Waals surface area contributed by atoms with E-state index in [1.165, 1.54) is 24.3 Å². The van der Waals surface area contributed by atoms with Crippen molar-refractivity contribution in [1.82, 2.24) is 4.90 Å². The van der Waals surface area contributed by atoms with E-state index in [2.05, 4.69) is 0 Å². The van der Waals surface area contributed by atoms with Crippen molar-refractivity contribution >= 4 is 11.8 Å². The van der Waals surface area contributed by atoms with Crippen LogP contribution in [0, 0.1) is 5.82 Å². The summed E-state index contributed by atoms with van der Waals surface area (Å²) in [4.78, 5) is 24.9. The maximum absolute atomic E-state index is 12.8. The van der Waals surface area contributed by atoms with Crippen molar-refractivity contribution in [2.45, 2.75) is 25.3 Å². The molecule has 0 bridgehead atoms. The zero-order valence-electron chi connectivity index (χ0n) is 10.5. The van der Waals surface area contributed by atoms with E-state index in [1.807, 2.05) is 0 Å². The number of hydrogen-bond donors (Lipinski definition) is 1. The van der Waals surface area contributed by atoms with Gasteiger partial charge in [-0.1, -0.05) is 6.42 Å². The zero-order valence-corrected chi connectivity index (χ0v) is 10.5. The Morgan fingerprint density at radius 1 is 1.26 bits per heavy atom. The number of aliphatic carboxylic acids is 1. The highest BCUT2D eigenvalue weighted by Crippen LogP contribution is 2.18. The highest BCUT2D eigenvalue weighted by Gasteiger charge is 2.29. The summed E-state index contributed by atoms with van der Waals surface area (Å²) >= 11 is 0. The van der Waals surface area contributed by atoms with Gasteiger partial charge in [-0.25, -0.2) is 4.39 Å². The molecule has 1 fully saturated rings. The molecule has 0 spiro atoms. The Kier molecular flexibility index (Phi) is 4.27. The number of nitrogens with zero attached hydrogens (tertiary/aromatic N) is 1. The van der Waals surface area contributed by atoms with E-state index >= 15 is 0 Å². The molecule has 102 valence electrons. The third-order valence-corrected chi connectivity index (χ3v) is 3.41. The Balaban J connectivity index is 2.04. The molecule has 19 heavy (non-hydrogen) atoms. The number of ketones is 1. The van der Waals surface area contributed by atoms with Crippen molar-refractivity contribution < 1.29 is 19.1 Å². The van der Waals surface area contributed by atoms with Gasteiger partial charge in [-0.05, 0) is 43.7 Å². The molecule has 4 nitrogen and oxygen atoms in total. The minimum Gasteiger partial charge on any atom is -0.480 e. The average molecular weight is 265 g/mol. The molecule has 0 amide bonds. The predicted molar refractivity (Wildman–Crippen MR) is 67.6 cm³/mol. The van der Waals surface area contributed by atoms with Gasteiger partial charge in [0.1, 0.15) is 11.9 Å². The fourth-order valence-corrected chi connectivity index (χ4v) is 2.37. The lowest BCUT2D eigenvalue weighted by Gasteiger charge is -2.32. The second-order valence-corrected chi connectivity index (χ2v) is 4.75. The largest absolute Gasteiger partial charge is 0.480 e. The van der Waals surface area contributed by atoms with Crippen LogP contribution in [0.15, 0.2) is 24.3 Å². The molecule has 1 saturated heterocycles. The second-order valence-electron chi connectivity index (χ2n) is 4.75. The maximum Gasteiger partial charge on any atom is 0.320 e. The van der Waals surface area contributed by atoms with Crippen molar-refractivity contribution in [3.8, 4) is 0 Å². The van der Waals surface area contributed by atoms with Gasteiger partial charge in [-0.3, -0.25) is 14.5 Å². The van der Waals surface area contributed by atoms with Crippen LogP contribution in [-0.2, 0) is 4.79 Å². The molecular formula is C14H16FNO3. The van der Waals surface area contributed by atoms with Crippen LogP contribution < -0.4 is 0 Å². The van der Waals surface area contributed by atoms with E-state index in [0.717, 1.165) is 12.8 Å².